The molecule has 1 aromatic heterocycles. The predicted octanol–water partition coefficient (Wildman–Crippen LogP) is 4.97. The third-order valence-electron chi connectivity index (χ3n) is 5.34. The standard InChI is InChI=1S/C27H23FN4O4/c1-3-20(26(33)31-17-7-5-4-6-8-17)27(34)32(29)18-9-12-25(22(28)15-18)36-24-13-14-30-23-16-19(35-2)10-11-21(23)24/h3-16H,29H2,1-2H3,(H,31,33)/b20-3-. The highest BCUT2D eigenvalue weighted by Gasteiger charge is 2.24. The fourth-order valence-corrected chi connectivity index (χ4v) is 3.48. The Morgan fingerprint density at radius 3 is 2.50 bits per heavy atom. The minimum Gasteiger partial charge on any atom is -0.497 e. The summed E-state index contributed by atoms with van der Waals surface area (Å²) in [6, 6.07) is 19.4. The number of hydrogen-bond acceptors (Lipinski definition) is 6. The maximum atomic E-state index is 15.0. The van der Waals surface area contributed by atoms with E-state index in [1.54, 1.807) is 67.9 Å². The molecule has 36 heavy (non-hydrogen) atoms. The van der Waals surface area contributed by atoms with Gasteiger partial charge in [-0.3, -0.25) is 14.6 Å². The van der Waals surface area contributed by atoms with Crippen molar-refractivity contribution in [3.05, 3.63) is 96.5 Å². The highest BCUT2D eigenvalue weighted by molar-refractivity contribution is 6.26. The molecule has 4 aromatic rings. The normalized spacial score (nSPS) is 11.2. The van der Waals surface area contributed by atoms with Crippen LogP contribution >= 0.6 is 0 Å². The first-order chi connectivity index (χ1) is 17.4. The van der Waals surface area contributed by atoms with E-state index in [4.69, 9.17) is 15.3 Å². The lowest BCUT2D eigenvalue weighted by Crippen LogP contribution is -2.41. The number of pyridine rings is 1. The summed E-state index contributed by atoms with van der Waals surface area (Å²) >= 11 is 0. The van der Waals surface area contributed by atoms with E-state index in [-0.39, 0.29) is 17.0 Å². The number of nitrogens with two attached hydrogens (primary N) is 1. The van der Waals surface area contributed by atoms with Crippen LogP contribution in [-0.2, 0) is 9.59 Å². The minimum absolute atomic E-state index is 0.0426. The van der Waals surface area contributed by atoms with Crippen LogP contribution in [0.2, 0.25) is 0 Å². The van der Waals surface area contributed by atoms with Crippen LogP contribution in [0.3, 0.4) is 0 Å². The Hall–Kier alpha value is -4.76. The van der Waals surface area contributed by atoms with Crippen molar-refractivity contribution in [1.82, 2.24) is 4.98 Å². The number of hydrazine groups is 1. The second-order valence-electron chi connectivity index (χ2n) is 7.61. The van der Waals surface area contributed by atoms with Gasteiger partial charge in [-0.2, -0.15) is 0 Å². The molecule has 3 N–H and O–H groups in total. The van der Waals surface area contributed by atoms with Crippen LogP contribution in [0.4, 0.5) is 15.8 Å². The Morgan fingerprint density at radius 1 is 1.03 bits per heavy atom. The molecule has 1 heterocycles. The van der Waals surface area contributed by atoms with Gasteiger partial charge in [0.25, 0.3) is 11.8 Å². The Kier molecular flexibility index (Phi) is 7.22. The smallest absolute Gasteiger partial charge is 0.277 e. The summed E-state index contributed by atoms with van der Waals surface area (Å²) in [5, 5.41) is 4.01. The third-order valence-corrected chi connectivity index (χ3v) is 5.34. The van der Waals surface area contributed by atoms with Crippen molar-refractivity contribution in [2.75, 3.05) is 17.4 Å². The first kappa shape index (κ1) is 24.4. The summed E-state index contributed by atoms with van der Waals surface area (Å²) in [6.45, 7) is 1.54. The topological polar surface area (TPSA) is 107 Å². The molecule has 182 valence electrons. The molecule has 0 saturated heterocycles. The molecule has 0 spiro atoms. The van der Waals surface area contributed by atoms with Crippen molar-refractivity contribution in [1.29, 1.82) is 0 Å². The SMILES string of the molecule is C/C=C(/C(=O)Nc1ccccc1)C(=O)N(N)c1ccc(Oc2ccnc3cc(OC)ccc23)c(F)c1. The molecule has 0 aliphatic heterocycles. The zero-order valence-corrected chi connectivity index (χ0v) is 19.6. The Labute approximate surface area is 206 Å². The molecule has 3 aromatic carbocycles. The van der Waals surface area contributed by atoms with Crippen LogP contribution in [0.5, 0.6) is 17.2 Å². The van der Waals surface area contributed by atoms with E-state index >= 15 is 0 Å². The zero-order valence-electron chi connectivity index (χ0n) is 19.6. The number of carbonyl (C=O) groups is 2. The van der Waals surface area contributed by atoms with Crippen molar-refractivity contribution < 1.29 is 23.5 Å². The number of amides is 2. The minimum atomic E-state index is -0.798. The second-order valence-corrected chi connectivity index (χ2v) is 7.61. The number of nitrogens with one attached hydrogen (secondary N) is 1. The van der Waals surface area contributed by atoms with Crippen molar-refractivity contribution in [2.24, 2.45) is 5.84 Å². The molecule has 4 rings (SSSR count). The van der Waals surface area contributed by atoms with Crippen LogP contribution < -0.4 is 25.6 Å². The van der Waals surface area contributed by atoms with Gasteiger partial charge < -0.3 is 14.8 Å². The average Bonchev–Trinajstić information content (AvgIpc) is 2.90. The number of carbonyl (C=O) groups excluding carboxylic acids is 2. The van der Waals surface area contributed by atoms with Crippen LogP contribution in [-0.4, -0.2) is 23.9 Å². The van der Waals surface area contributed by atoms with Crippen LogP contribution in [0.15, 0.2) is 90.6 Å². The molecule has 0 saturated carbocycles. The number of anilines is 2. The van der Waals surface area contributed by atoms with Crippen molar-refractivity contribution in [3.8, 4) is 17.2 Å². The largest absolute Gasteiger partial charge is 0.497 e. The number of rotatable bonds is 7. The van der Waals surface area contributed by atoms with Gasteiger partial charge in [0, 0.05) is 29.4 Å². The van der Waals surface area contributed by atoms with Crippen LogP contribution in [0.1, 0.15) is 6.92 Å². The highest BCUT2D eigenvalue weighted by Crippen LogP contribution is 2.33. The van der Waals surface area contributed by atoms with Gasteiger partial charge in [-0.15, -0.1) is 0 Å². The molecule has 0 radical (unpaired) electrons. The lowest BCUT2D eigenvalue weighted by Gasteiger charge is -2.19. The van der Waals surface area contributed by atoms with Crippen molar-refractivity contribution in [2.45, 2.75) is 6.92 Å². The van der Waals surface area contributed by atoms with E-state index in [1.165, 1.54) is 25.1 Å². The van der Waals surface area contributed by atoms with Gasteiger partial charge in [-0.1, -0.05) is 24.3 Å². The number of hydrogen-bond donors (Lipinski definition) is 2. The van der Waals surface area contributed by atoms with Gasteiger partial charge in [0.15, 0.2) is 11.6 Å². The number of para-hydroxylation sites is 1. The molecule has 0 unspecified atom stereocenters. The fraction of sp³-hybridized carbons (Fsp3) is 0.0741. The predicted molar refractivity (Wildman–Crippen MR) is 135 cm³/mol. The summed E-state index contributed by atoms with van der Waals surface area (Å²) in [7, 11) is 1.55. The van der Waals surface area contributed by atoms with E-state index in [0.717, 1.165) is 6.07 Å². The summed E-state index contributed by atoms with van der Waals surface area (Å²) in [5.74, 6) is 4.73. The van der Waals surface area contributed by atoms with Gasteiger partial charge in [-0.25, -0.2) is 15.2 Å². The highest BCUT2D eigenvalue weighted by atomic mass is 19.1. The van der Waals surface area contributed by atoms with E-state index in [9.17, 15) is 14.0 Å². The molecule has 0 aliphatic carbocycles. The molecule has 0 atom stereocenters. The summed E-state index contributed by atoms with van der Waals surface area (Å²) in [5.41, 5.74) is 0.991. The Morgan fingerprint density at radius 2 is 1.81 bits per heavy atom. The van der Waals surface area contributed by atoms with E-state index in [0.29, 0.717) is 33.1 Å². The third kappa shape index (κ3) is 5.16. The lowest BCUT2D eigenvalue weighted by molar-refractivity contribution is -0.119. The summed E-state index contributed by atoms with van der Waals surface area (Å²) < 4.78 is 26.0. The molecule has 0 bridgehead atoms. The monoisotopic (exact) mass is 486 g/mol. The van der Waals surface area contributed by atoms with Crippen LogP contribution in [0, 0.1) is 5.82 Å². The first-order valence-electron chi connectivity index (χ1n) is 10.9. The Bertz CT molecular complexity index is 1460. The van der Waals surface area contributed by atoms with Gasteiger partial charge in [0.1, 0.15) is 17.1 Å². The van der Waals surface area contributed by atoms with E-state index in [1.807, 2.05) is 0 Å². The number of ether oxygens (including phenoxy) is 2. The maximum Gasteiger partial charge on any atom is 0.277 e. The number of benzene rings is 3. The quantitative estimate of drug-likeness (QED) is 0.0954. The number of halogens is 1. The Balaban J connectivity index is 1.52. The van der Waals surface area contributed by atoms with Crippen LogP contribution in [0.25, 0.3) is 10.9 Å². The number of allylic oxidation sites excluding steroid dienone is 1. The van der Waals surface area contributed by atoms with E-state index in [2.05, 4.69) is 10.3 Å². The number of aromatic nitrogens is 1. The van der Waals surface area contributed by atoms with Gasteiger partial charge in [-0.05, 0) is 49.4 Å². The second kappa shape index (κ2) is 10.7. The molecule has 9 heteroatoms. The molecular weight excluding hydrogens is 463 g/mol. The van der Waals surface area contributed by atoms with Crippen molar-refractivity contribution >= 4 is 34.1 Å². The molecular formula is C27H23FN4O4. The van der Waals surface area contributed by atoms with E-state index < -0.39 is 17.6 Å². The number of methoxy groups -OCH3 is 1. The molecule has 2 amide bonds. The van der Waals surface area contributed by atoms with Crippen molar-refractivity contribution in [3.63, 3.8) is 0 Å². The van der Waals surface area contributed by atoms with Gasteiger partial charge >= 0.3 is 0 Å². The zero-order chi connectivity index (χ0) is 25.7. The number of nitrogens with zero attached hydrogens (tertiary/aromatic N) is 2. The van der Waals surface area contributed by atoms with Gasteiger partial charge in [0.2, 0.25) is 0 Å². The van der Waals surface area contributed by atoms with Gasteiger partial charge in [0.05, 0.1) is 18.3 Å². The summed E-state index contributed by atoms with van der Waals surface area (Å²) in [6.07, 6.45) is 2.89. The summed E-state index contributed by atoms with van der Waals surface area (Å²) in [4.78, 5) is 29.8. The average molecular weight is 487 g/mol. The maximum absolute atomic E-state index is 15.0. The molecule has 8 nitrogen and oxygen atoms in total. The number of fused-ring (bicyclic) bond motifs is 1. The lowest BCUT2D eigenvalue weighted by atomic mass is 10.2. The fourth-order valence-electron chi connectivity index (χ4n) is 3.48. The first-order valence-corrected chi connectivity index (χ1v) is 10.9. The molecule has 0 fully saturated rings. The molecule has 0 aliphatic rings.